The molecule has 1 unspecified atom stereocenters. The summed E-state index contributed by atoms with van der Waals surface area (Å²) in [5, 5.41) is 0. The molecule has 0 aliphatic rings. The second-order valence-electron chi connectivity index (χ2n) is 6.05. The molecule has 2 aromatic rings. The third-order valence-electron chi connectivity index (χ3n) is 3.74. The van der Waals surface area contributed by atoms with Crippen molar-refractivity contribution in [2.75, 3.05) is 6.61 Å². The van der Waals surface area contributed by atoms with E-state index in [1.54, 1.807) is 11.6 Å². The number of nitrogens with zero attached hydrogens (tertiary/aromatic N) is 1. The summed E-state index contributed by atoms with van der Waals surface area (Å²) >= 11 is 0. The van der Waals surface area contributed by atoms with Crippen LogP contribution in [0.4, 0.5) is 0 Å². The first-order chi connectivity index (χ1) is 10.4. The zero-order valence-corrected chi connectivity index (χ0v) is 13.7. The number of benzene rings is 1. The van der Waals surface area contributed by atoms with E-state index in [1.807, 2.05) is 43.3 Å². The van der Waals surface area contributed by atoms with Gasteiger partial charge in [-0.25, -0.2) is 0 Å². The lowest BCUT2D eigenvalue weighted by Crippen LogP contribution is -2.28. The van der Waals surface area contributed by atoms with Crippen molar-refractivity contribution in [1.82, 2.24) is 4.57 Å². The van der Waals surface area contributed by atoms with Crippen LogP contribution in [0.3, 0.4) is 0 Å². The predicted octanol–water partition coefficient (Wildman–Crippen LogP) is 2.78. The van der Waals surface area contributed by atoms with Crippen LogP contribution < -0.4 is 16.0 Å². The van der Waals surface area contributed by atoms with E-state index in [1.165, 1.54) is 0 Å². The van der Waals surface area contributed by atoms with E-state index in [9.17, 15) is 4.79 Å². The molecule has 0 saturated carbocycles. The van der Waals surface area contributed by atoms with Gasteiger partial charge in [-0.15, -0.1) is 0 Å². The van der Waals surface area contributed by atoms with Gasteiger partial charge in [0, 0.05) is 18.3 Å². The van der Waals surface area contributed by atoms with E-state index in [2.05, 4.69) is 13.8 Å². The third kappa shape index (κ3) is 3.57. The van der Waals surface area contributed by atoms with Crippen LogP contribution in [-0.2, 0) is 7.05 Å². The fourth-order valence-corrected chi connectivity index (χ4v) is 2.20. The minimum absolute atomic E-state index is 0.0485. The number of pyridine rings is 1. The largest absolute Gasteiger partial charge is 0.493 e. The van der Waals surface area contributed by atoms with E-state index in [4.69, 9.17) is 10.5 Å². The molecule has 118 valence electrons. The van der Waals surface area contributed by atoms with Crippen LogP contribution in [-0.4, -0.2) is 11.2 Å². The highest BCUT2D eigenvalue weighted by Gasteiger charge is 2.14. The topological polar surface area (TPSA) is 57.2 Å². The molecule has 0 radical (unpaired) electrons. The van der Waals surface area contributed by atoms with Crippen LogP contribution in [0.25, 0.3) is 0 Å². The van der Waals surface area contributed by atoms with Crippen LogP contribution in [0.15, 0.2) is 41.2 Å². The van der Waals surface area contributed by atoms with E-state index in [0.29, 0.717) is 18.1 Å². The van der Waals surface area contributed by atoms with Gasteiger partial charge in [0.05, 0.1) is 12.6 Å². The summed E-state index contributed by atoms with van der Waals surface area (Å²) in [4.78, 5) is 12.3. The van der Waals surface area contributed by atoms with Crippen molar-refractivity contribution < 1.29 is 4.74 Å². The maximum absolute atomic E-state index is 12.3. The molecule has 1 aromatic carbocycles. The molecule has 2 rings (SSSR count). The Balaban J connectivity index is 2.21. The van der Waals surface area contributed by atoms with Gasteiger partial charge in [-0.05, 0) is 42.7 Å². The van der Waals surface area contributed by atoms with Crippen molar-refractivity contribution in [3.63, 3.8) is 0 Å². The standard InChI is InChI=1S/C18H24N2O2/c1-12(2)11-22-15-8-6-14(7-9-15)17(19)16-10-5-13(3)20(4)18(16)21/h5-10,12,17H,11,19H2,1-4H3. The summed E-state index contributed by atoms with van der Waals surface area (Å²) in [7, 11) is 1.76. The van der Waals surface area contributed by atoms with Crippen LogP contribution in [0.5, 0.6) is 5.75 Å². The molecule has 0 fully saturated rings. The molecule has 1 aromatic heterocycles. The highest BCUT2D eigenvalue weighted by molar-refractivity contribution is 5.34. The van der Waals surface area contributed by atoms with Crippen LogP contribution in [0.2, 0.25) is 0 Å². The van der Waals surface area contributed by atoms with Crippen LogP contribution in [0.1, 0.15) is 36.7 Å². The summed E-state index contributed by atoms with van der Waals surface area (Å²) < 4.78 is 7.28. The average molecular weight is 300 g/mol. The second kappa shape index (κ2) is 6.79. The molecule has 4 nitrogen and oxygen atoms in total. The highest BCUT2D eigenvalue weighted by Crippen LogP contribution is 2.20. The Morgan fingerprint density at radius 1 is 1.14 bits per heavy atom. The Labute approximate surface area is 131 Å². The van der Waals surface area contributed by atoms with Crippen molar-refractivity contribution in [1.29, 1.82) is 0 Å². The number of hydrogen-bond donors (Lipinski definition) is 1. The number of ether oxygens (including phenoxy) is 1. The first-order valence-electron chi connectivity index (χ1n) is 7.55. The highest BCUT2D eigenvalue weighted by atomic mass is 16.5. The van der Waals surface area contributed by atoms with Crippen molar-refractivity contribution in [2.45, 2.75) is 26.8 Å². The summed E-state index contributed by atoms with van der Waals surface area (Å²) in [5.74, 6) is 1.30. The first-order valence-corrected chi connectivity index (χ1v) is 7.55. The molecule has 22 heavy (non-hydrogen) atoms. The Hall–Kier alpha value is -2.07. The Bertz CT molecular complexity index is 687. The van der Waals surface area contributed by atoms with Crippen LogP contribution in [0, 0.1) is 12.8 Å². The Morgan fingerprint density at radius 2 is 1.77 bits per heavy atom. The van der Waals surface area contributed by atoms with Gasteiger partial charge in [0.1, 0.15) is 5.75 Å². The molecule has 0 saturated heterocycles. The maximum atomic E-state index is 12.3. The lowest BCUT2D eigenvalue weighted by molar-refractivity contribution is 0.271. The molecule has 1 heterocycles. The van der Waals surface area contributed by atoms with Gasteiger partial charge in [-0.3, -0.25) is 4.79 Å². The van der Waals surface area contributed by atoms with Crippen molar-refractivity contribution in [2.24, 2.45) is 18.7 Å². The zero-order chi connectivity index (χ0) is 16.3. The molecular weight excluding hydrogens is 276 g/mol. The molecule has 0 bridgehead atoms. The van der Waals surface area contributed by atoms with Crippen molar-refractivity contribution in [3.8, 4) is 5.75 Å². The SMILES string of the molecule is Cc1ccc(C(N)c2ccc(OCC(C)C)cc2)c(=O)n1C. The van der Waals surface area contributed by atoms with Gasteiger partial charge >= 0.3 is 0 Å². The zero-order valence-electron chi connectivity index (χ0n) is 13.7. The molecule has 4 heteroatoms. The van der Waals surface area contributed by atoms with E-state index in [0.717, 1.165) is 17.0 Å². The lowest BCUT2D eigenvalue weighted by atomic mass is 10.0. The van der Waals surface area contributed by atoms with Gasteiger partial charge in [0.2, 0.25) is 0 Å². The van der Waals surface area contributed by atoms with Crippen LogP contribution >= 0.6 is 0 Å². The quantitative estimate of drug-likeness (QED) is 0.923. The molecule has 0 spiro atoms. The number of rotatable bonds is 5. The predicted molar refractivity (Wildman–Crippen MR) is 89.2 cm³/mol. The normalized spacial score (nSPS) is 12.5. The van der Waals surface area contributed by atoms with Gasteiger partial charge < -0.3 is 15.0 Å². The van der Waals surface area contributed by atoms with Gasteiger partial charge in [0.25, 0.3) is 5.56 Å². The fraction of sp³-hybridized carbons (Fsp3) is 0.389. The van der Waals surface area contributed by atoms with E-state index < -0.39 is 6.04 Å². The minimum Gasteiger partial charge on any atom is -0.493 e. The van der Waals surface area contributed by atoms with E-state index in [-0.39, 0.29) is 5.56 Å². The second-order valence-corrected chi connectivity index (χ2v) is 6.05. The first kappa shape index (κ1) is 16.3. The summed E-state index contributed by atoms with van der Waals surface area (Å²) in [6.07, 6.45) is 0. The van der Waals surface area contributed by atoms with Gasteiger partial charge in [-0.1, -0.05) is 26.0 Å². The number of nitrogens with two attached hydrogens (primary N) is 1. The number of aryl methyl sites for hydroxylation is 1. The Morgan fingerprint density at radius 3 is 2.36 bits per heavy atom. The summed E-state index contributed by atoms with van der Waals surface area (Å²) in [5.41, 5.74) is 8.62. The Kier molecular flexibility index (Phi) is 5.03. The third-order valence-corrected chi connectivity index (χ3v) is 3.74. The minimum atomic E-state index is -0.432. The smallest absolute Gasteiger partial charge is 0.255 e. The molecule has 2 N–H and O–H groups in total. The maximum Gasteiger partial charge on any atom is 0.255 e. The lowest BCUT2D eigenvalue weighted by Gasteiger charge is -2.15. The van der Waals surface area contributed by atoms with Crippen molar-refractivity contribution in [3.05, 3.63) is 63.6 Å². The fourth-order valence-electron chi connectivity index (χ4n) is 2.20. The average Bonchev–Trinajstić information content (AvgIpc) is 2.51. The monoisotopic (exact) mass is 300 g/mol. The molecule has 1 atom stereocenters. The molecule has 0 amide bonds. The van der Waals surface area contributed by atoms with Gasteiger partial charge in [0.15, 0.2) is 0 Å². The number of hydrogen-bond acceptors (Lipinski definition) is 3. The molecule has 0 aliphatic carbocycles. The van der Waals surface area contributed by atoms with E-state index >= 15 is 0 Å². The molecular formula is C18H24N2O2. The summed E-state index contributed by atoms with van der Waals surface area (Å²) in [6.45, 7) is 6.80. The number of aromatic nitrogens is 1. The summed E-state index contributed by atoms with van der Waals surface area (Å²) in [6, 6.07) is 10.9. The van der Waals surface area contributed by atoms with Gasteiger partial charge in [-0.2, -0.15) is 0 Å². The molecule has 0 aliphatic heterocycles. The van der Waals surface area contributed by atoms with Crippen molar-refractivity contribution >= 4 is 0 Å².